The summed E-state index contributed by atoms with van der Waals surface area (Å²) in [7, 11) is 1.57. The Labute approximate surface area is 186 Å². The molecule has 0 atom stereocenters. The molecule has 0 saturated heterocycles. The van der Waals surface area contributed by atoms with Crippen molar-refractivity contribution in [1.82, 2.24) is 5.32 Å². The second-order valence-electron chi connectivity index (χ2n) is 6.72. The van der Waals surface area contributed by atoms with E-state index < -0.39 is 0 Å². The van der Waals surface area contributed by atoms with E-state index in [4.69, 9.17) is 16.3 Å². The molecule has 4 N–H and O–H groups in total. The molecule has 8 nitrogen and oxygen atoms in total. The molecule has 166 valence electrons. The van der Waals surface area contributed by atoms with Crippen LogP contribution in [-0.2, 0) is 14.3 Å². The molecule has 0 bridgehead atoms. The van der Waals surface area contributed by atoms with Gasteiger partial charge in [-0.25, -0.2) is 0 Å². The lowest BCUT2D eigenvalue weighted by Gasteiger charge is -2.12. The summed E-state index contributed by atoms with van der Waals surface area (Å²) in [4.78, 5) is 36.0. The molecule has 0 radical (unpaired) electrons. The molecule has 3 amide bonds. The summed E-state index contributed by atoms with van der Waals surface area (Å²) in [6.07, 6.45) is 1.16. The predicted molar refractivity (Wildman–Crippen MR) is 123 cm³/mol. The van der Waals surface area contributed by atoms with Crippen LogP contribution in [0.1, 0.15) is 30.1 Å². The highest BCUT2D eigenvalue weighted by atomic mass is 35.5. The summed E-state index contributed by atoms with van der Waals surface area (Å²) >= 11 is 6.15. The molecule has 0 spiro atoms. The van der Waals surface area contributed by atoms with Crippen molar-refractivity contribution in [2.75, 3.05) is 42.8 Å². The van der Waals surface area contributed by atoms with Crippen molar-refractivity contribution >= 4 is 46.4 Å². The van der Waals surface area contributed by atoms with Gasteiger partial charge in [0.15, 0.2) is 0 Å². The molecule has 9 heteroatoms. The van der Waals surface area contributed by atoms with E-state index in [1.54, 1.807) is 49.6 Å². The fourth-order valence-corrected chi connectivity index (χ4v) is 2.80. The van der Waals surface area contributed by atoms with Crippen molar-refractivity contribution in [3.8, 4) is 0 Å². The molecule has 0 unspecified atom stereocenters. The van der Waals surface area contributed by atoms with Gasteiger partial charge in [-0.2, -0.15) is 0 Å². The maximum atomic E-state index is 12.3. The Morgan fingerprint density at radius 2 is 1.68 bits per heavy atom. The van der Waals surface area contributed by atoms with Gasteiger partial charge >= 0.3 is 0 Å². The third-order valence-electron chi connectivity index (χ3n) is 4.19. The van der Waals surface area contributed by atoms with Gasteiger partial charge in [0.25, 0.3) is 5.91 Å². The zero-order chi connectivity index (χ0) is 22.6. The van der Waals surface area contributed by atoms with Gasteiger partial charge in [0.05, 0.1) is 23.9 Å². The van der Waals surface area contributed by atoms with Gasteiger partial charge in [-0.3, -0.25) is 14.4 Å². The quantitative estimate of drug-likeness (QED) is 0.395. The highest BCUT2D eigenvalue weighted by Crippen LogP contribution is 2.25. The van der Waals surface area contributed by atoms with Crippen LogP contribution >= 0.6 is 11.6 Å². The first-order valence-corrected chi connectivity index (χ1v) is 10.3. The monoisotopic (exact) mass is 446 g/mol. The normalized spacial score (nSPS) is 10.3. The third kappa shape index (κ3) is 8.27. The van der Waals surface area contributed by atoms with E-state index in [9.17, 15) is 14.4 Å². The van der Waals surface area contributed by atoms with E-state index in [1.165, 1.54) is 0 Å². The van der Waals surface area contributed by atoms with Crippen LogP contribution in [0.5, 0.6) is 0 Å². The second kappa shape index (κ2) is 12.6. The van der Waals surface area contributed by atoms with Gasteiger partial charge < -0.3 is 26.0 Å². The first-order valence-electron chi connectivity index (χ1n) is 9.93. The number of methoxy groups -OCH3 is 1. The number of carbonyl (C=O) groups excluding carboxylic acids is 3. The zero-order valence-corrected chi connectivity index (χ0v) is 18.3. The lowest BCUT2D eigenvalue weighted by atomic mass is 10.2. The van der Waals surface area contributed by atoms with Crippen LogP contribution in [0.25, 0.3) is 0 Å². The number of carbonyl (C=O) groups is 3. The van der Waals surface area contributed by atoms with Crippen molar-refractivity contribution in [3.05, 3.63) is 53.1 Å². The molecule has 0 aliphatic carbocycles. The Balaban J connectivity index is 1.87. The number of hydrogen-bond acceptors (Lipinski definition) is 5. The van der Waals surface area contributed by atoms with Gasteiger partial charge in [-0.05, 0) is 48.9 Å². The van der Waals surface area contributed by atoms with E-state index in [2.05, 4.69) is 21.3 Å². The van der Waals surface area contributed by atoms with Gasteiger partial charge in [-0.1, -0.05) is 18.5 Å². The first kappa shape index (κ1) is 24.2. The number of rotatable bonds is 11. The zero-order valence-electron chi connectivity index (χ0n) is 17.6. The van der Waals surface area contributed by atoms with Gasteiger partial charge in [0, 0.05) is 37.0 Å². The summed E-state index contributed by atoms with van der Waals surface area (Å²) in [5.74, 6) is -0.596. The molecule has 0 aliphatic heterocycles. The minimum Gasteiger partial charge on any atom is -0.383 e. The van der Waals surface area contributed by atoms with E-state index in [0.29, 0.717) is 47.2 Å². The molecular formula is C22H27ClN4O4. The fourth-order valence-electron chi connectivity index (χ4n) is 2.63. The Hall–Kier alpha value is -3.10. The summed E-state index contributed by atoms with van der Waals surface area (Å²) in [6, 6.07) is 11.7. The SMILES string of the molecule is CCCC(=O)Nc1ccc(Cl)c(NC(=O)CNc2ccc(C(=O)NCCOC)cc2)c1. The molecule has 2 aromatic rings. The van der Waals surface area contributed by atoms with E-state index in [-0.39, 0.29) is 24.3 Å². The minimum atomic E-state index is -0.305. The Kier molecular flexibility index (Phi) is 9.80. The maximum Gasteiger partial charge on any atom is 0.251 e. The van der Waals surface area contributed by atoms with Gasteiger partial charge in [0.2, 0.25) is 11.8 Å². The van der Waals surface area contributed by atoms with Crippen molar-refractivity contribution in [2.24, 2.45) is 0 Å². The van der Waals surface area contributed by atoms with Crippen LogP contribution in [0, 0.1) is 0 Å². The van der Waals surface area contributed by atoms with Gasteiger partial charge in [0.1, 0.15) is 0 Å². The maximum absolute atomic E-state index is 12.3. The molecule has 2 rings (SSSR count). The first-order chi connectivity index (χ1) is 14.9. The molecule has 0 heterocycles. The van der Waals surface area contributed by atoms with E-state index in [1.807, 2.05) is 6.92 Å². The summed E-state index contributed by atoms with van der Waals surface area (Å²) in [6.45, 7) is 2.80. The number of hydrogen-bond donors (Lipinski definition) is 4. The average Bonchev–Trinajstić information content (AvgIpc) is 2.75. The average molecular weight is 447 g/mol. The van der Waals surface area contributed by atoms with Crippen molar-refractivity contribution in [3.63, 3.8) is 0 Å². The number of nitrogens with one attached hydrogen (secondary N) is 4. The lowest BCUT2D eigenvalue weighted by Crippen LogP contribution is -2.26. The Morgan fingerprint density at radius 3 is 2.35 bits per heavy atom. The van der Waals surface area contributed by atoms with Crippen LogP contribution in [0.4, 0.5) is 17.1 Å². The molecular weight excluding hydrogens is 420 g/mol. The molecule has 0 fully saturated rings. The predicted octanol–water partition coefficient (Wildman–Crippen LogP) is 3.51. The molecule has 0 aromatic heterocycles. The standard InChI is InChI=1S/C22H27ClN4O4/c1-3-4-20(28)26-17-9-10-18(23)19(13-17)27-21(29)14-25-16-7-5-15(6-8-16)22(30)24-11-12-31-2/h5-10,13,25H,3-4,11-12,14H2,1-2H3,(H,24,30)(H,26,28)(H,27,29). The number of benzene rings is 2. The second-order valence-corrected chi connectivity index (χ2v) is 7.13. The van der Waals surface area contributed by atoms with Crippen molar-refractivity contribution in [1.29, 1.82) is 0 Å². The van der Waals surface area contributed by atoms with Crippen LogP contribution in [0.2, 0.25) is 5.02 Å². The molecule has 0 aliphatic rings. The van der Waals surface area contributed by atoms with Crippen LogP contribution < -0.4 is 21.3 Å². The van der Waals surface area contributed by atoms with Crippen molar-refractivity contribution in [2.45, 2.75) is 19.8 Å². The summed E-state index contributed by atoms with van der Waals surface area (Å²) in [5, 5.41) is 11.6. The van der Waals surface area contributed by atoms with Crippen LogP contribution in [-0.4, -0.2) is 44.5 Å². The fraction of sp³-hybridized carbons (Fsp3) is 0.318. The Bertz CT molecular complexity index is 903. The third-order valence-corrected chi connectivity index (χ3v) is 4.52. The number of halogens is 1. The summed E-state index contributed by atoms with van der Waals surface area (Å²) in [5.41, 5.74) is 2.17. The molecule has 0 saturated carbocycles. The Morgan fingerprint density at radius 1 is 0.968 bits per heavy atom. The van der Waals surface area contributed by atoms with Gasteiger partial charge in [-0.15, -0.1) is 0 Å². The topological polar surface area (TPSA) is 109 Å². The van der Waals surface area contributed by atoms with Crippen LogP contribution in [0.3, 0.4) is 0 Å². The number of amides is 3. The largest absolute Gasteiger partial charge is 0.383 e. The smallest absolute Gasteiger partial charge is 0.251 e. The highest BCUT2D eigenvalue weighted by Gasteiger charge is 2.09. The molecule has 31 heavy (non-hydrogen) atoms. The van der Waals surface area contributed by atoms with E-state index >= 15 is 0 Å². The summed E-state index contributed by atoms with van der Waals surface area (Å²) < 4.78 is 4.90. The molecule has 2 aromatic carbocycles. The lowest BCUT2D eigenvalue weighted by molar-refractivity contribution is -0.116. The van der Waals surface area contributed by atoms with Crippen LogP contribution in [0.15, 0.2) is 42.5 Å². The number of ether oxygens (including phenoxy) is 1. The minimum absolute atomic E-state index is 0.00212. The van der Waals surface area contributed by atoms with Crippen molar-refractivity contribution < 1.29 is 19.1 Å². The number of anilines is 3. The van der Waals surface area contributed by atoms with E-state index in [0.717, 1.165) is 6.42 Å². The highest BCUT2D eigenvalue weighted by molar-refractivity contribution is 6.33.